The van der Waals surface area contributed by atoms with E-state index in [1.807, 2.05) is 0 Å². The number of alkyl halides is 2. The van der Waals surface area contributed by atoms with E-state index in [0.717, 1.165) is 0 Å². The fourth-order valence-electron chi connectivity index (χ4n) is 2.52. The van der Waals surface area contributed by atoms with Crippen LogP contribution in [0, 0.1) is 5.41 Å². The molecule has 0 bridgehead atoms. The fraction of sp³-hybridized carbons (Fsp3) is 0.240. The van der Waals surface area contributed by atoms with Gasteiger partial charge in [-0.1, -0.05) is 54.6 Å². The van der Waals surface area contributed by atoms with Crippen molar-refractivity contribution in [2.75, 3.05) is 6.61 Å². The molecule has 182 valence electrons. The second-order valence-corrected chi connectivity index (χ2v) is 11.7. The van der Waals surface area contributed by atoms with Crippen molar-refractivity contribution < 1.29 is 31.3 Å². The van der Waals surface area contributed by atoms with Gasteiger partial charge in [-0.05, 0) is 57.2 Å². The minimum Gasteiger partial charge on any atom is -0.743 e. The number of hydrogen-bond donors (Lipinski definition) is 0. The maximum Gasteiger partial charge on any atom is 0.367 e. The predicted molar refractivity (Wildman–Crippen MR) is 127 cm³/mol. The van der Waals surface area contributed by atoms with Crippen molar-refractivity contribution in [3.63, 3.8) is 0 Å². The van der Waals surface area contributed by atoms with Crippen LogP contribution in [0.25, 0.3) is 0 Å². The molecule has 0 aliphatic rings. The van der Waals surface area contributed by atoms with Crippen molar-refractivity contribution in [1.82, 2.24) is 0 Å². The molecule has 0 aliphatic heterocycles. The van der Waals surface area contributed by atoms with Gasteiger partial charge in [-0.3, -0.25) is 4.79 Å². The highest BCUT2D eigenvalue weighted by atomic mass is 32.2. The highest BCUT2D eigenvalue weighted by molar-refractivity contribution is 7.97. The summed E-state index contributed by atoms with van der Waals surface area (Å²) in [5.74, 6) is -1.01. The van der Waals surface area contributed by atoms with Crippen LogP contribution in [0.4, 0.5) is 8.78 Å². The first-order chi connectivity index (χ1) is 15.8. The summed E-state index contributed by atoms with van der Waals surface area (Å²) >= 11 is 0. The zero-order valence-corrected chi connectivity index (χ0v) is 20.6. The largest absolute Gasteiger partial charge is 0.743 e. The van der Waals surface area contributed by atoms with Crippen LogP contribution < -0.4 is 0 Å². The third kappa shape index (κ3) is 7.93. The smallest absolute Gasteiger partial charge is 0.367 e. The van der Waals surface area contributed by atoms with Crippen LogP contribution in [0.1, 0.15) is 20.8 Å². The first-order valence-corrected chi connectivity index (χ1v) is 12.9. The van der Waals surface area contributed by atoms with Gasteiger partial charge >= 0.3 is 11.2 Å². The van der Waals surface area contributed by atoms with Crippen molar-refractivity contribution in [2.24, 2.45) is 5.41 Å². The van der Waals surface area contributed by atoms with Crippen LogP contribution in [-0.2, 0) is 30.5 Å². The lowest BCUT2D eigenvalue weighted by molar-refractivity contribution is -0.158. The molecule has 0 radical (unpaired) electrons. The summed E-state index contributed by atoms with van der Waals surface area (Å²) in [7, 11) is -5.82. The Labute approximate surface area is 201 Å². The lowest BCUT2D eigenvalue weighted by atomic mass is 9.97. The molecule has 5 nitrogen and oxygen atoms in total. The molecule has 3 rings (SSSR count). The van der Waals surface area contributed by atoms with Crippen LogP contribution in [-0.4, -0.2) is 30.8 Å². The van der Waals surface area contributed by atoms with Crippen molar-refractivity contribution in [1.29, 1.82) is 0 Å². The summed E-state index contributed by atoms with van der Waals surface area (Å²) in [5, 5.41) is -4.59. The molecule has 9 heteroatoms. The summed E-state index contributed by atoms with van der Waals surface area (Å²) in [4.78, 5) is 15.1. The summed E-state index contributed by atoms with van der Waals surface area (Å²) < 4.78 is 59.1. The van der Waals surface area contributed by atoms with E-state index in [9.17, 15) is 26.5 Å². The highest BCUT2D eigenvalue weighted by Gasteiger charge is 2.40. The minimum atomic E-state index is -5.80. The van der Waals surface area contributed by atoms with E-state index >= 15 is 0 Å². The van der Waals surface area contributed by atoms with Crippen molar-refractivity contribution in [2.45, 2.75) is 40.7 Å². The normalized spacial score (nSPS) is 12.0. The molecule has 0 aromatic heterocycles. The SMILES string of the molecule is CC(C)(C)C(=O)OCC(F)(F)S(=O)(=O)[O-].c1ccc([S+](c2ccccc2)c2ccccc2)cc1. The topological polar surface area (TPSA) is 83.5 Å². The van der Waals surface area contributed by atoms with Gasteiger partial charge in [0, 0.05) is 0 Å². The molecule has 0 amide bonds. The molecule has 3 aromatic carbocycles. The van der Waals surface area contributed by atoms with Crippen molar-refractivity contribution >= 4 is 27.0 Å². The standard InChI is InChI=1S/C18H15S.C7H12F2O5S/c1-4-10-16(11-5-1)19(17-12-6-2-7-13-17)18-14-8-3-9-15-18;1-6(2,3)5(10)14-4-7(8,9)15(11,12)13/h1-15H;4H2,1-3H3,(H,11,12,13)/q+1;/p-1. The summed E-state index contributed by atoms with van der Waals surface area (Å²) in [6, 6.07) is 32.2. The number of esters is 1. The Morgan fingerprint density at radius 2 is 1.12 bits per heavy atom. The van der Waals surface area contributed by atoms with Gasteiger partial charge in [0.2, 0.25) is 0 Å². The van der Waals surface area contributed by atoms with Crippen molar-refractivity contribution in [3.05, 3.63) is 91.0 Å². The molecule has 0 aliphatic carbocycles. The van der Waals surface area contributed by atoms with Gasteiger partial charge in [-0.25, -0.2) is 8.42 Å². The maximum atomic E-state index is 12.5. The number of carbonyl (C=O) groups is 1. The highest BCUT2D eigenvalue weighted by Crippen LogP contribution is 2.30. The van der Waals surface area contributed by atoms with Crippen LogP contribution in [0.5, 0.6) is 0 Å². The number of hydrogen-bond acceptors (Lipinski definition) is 5. The minimum absolute atomic E-state index is 0.0146. The molecule has 0 unspecified atom stereocenters. The molecule has 3 aromatic rings. The van der Waals surface area contributed by atoms with Crippen LogP contribution in [0.2, 0.25) is 0 Å². The quantitative estimate of drug-likeness (QED) is 0.250. The van der Waals surface area contributed by atoms with Crippen LogP contribution in [0.15, 0.2) is 106 Å². The Morgan fingerprint density at radius 1 is 0.794 bits per heavy atom. The Kier molecular flexibility index (Phi) is 9.37. The molecule has 0 N–H and O–H groups in total. The molecular weight excluding hydrogens is 482 g/mol. The van der Waals surface area contributed by atoms with E-state index in [4.69, 9.17) is 0 Å². The van der Waals surface area contributed by atoms with E-state index in [-0.39, 0.29) is 10.9 Å². The molecular formula is C25H26F2O5S2. The third-order valence-electron chi connectivity index (χ3n) is 4.29. The Balaban J connectivity index is 0.000000249. The predicted octanol–water partition coefficient (Wildman–Crippen LogP) is 5.50. The zero-order valence-electron chi connectivity index (χ0n) is 19.0. The van der Waals surface area contributed by atoms with Crippen molar-refractivity contribution in [3.8, 4) is 0 Å². The molecule has 0 atom stereocenters. The van der Waals surface area contributed by atoms with E-state index in [2.05, 4.69) is 95.7 Å². The lowest BCUT2D eigenvalue weighted by Crippen LogP contribution is -2.36. The lowest BCUT2D eigenvalue weighted by Gasteiger charge is -2.22. The Morgan fingerprint density at radius 3 is 1.38 bits per heavy atom. The first-order valence-electron chi connectivity index (χ1n) is 10.2. The van der Waals surface area contributed by atoms with E-state index in [0.29, 0.717) is 0 Å². The van der Waals surface area contributed by atoms with E-state index in [1.165, 1.54) is 35.5 Å². The number of halogens is 2. The zero-order chi connectivity index (χ0) is 25.4. The summed E-state index contributed by atoms with van der Waals surface area (Å²) in [5.41, 5.74) is -1.04. The second kappa shape index (κ2) is 11.6. The van der Waals surface area contributed by atoms with Gasteiger partial charge in [0.1, 0.15) is 0 Å². The average Bonchev–Trinajstić information content (AvgIpc) is 2.79. The van der Waals surface area contributed by atoms with Gasteiger partial charge in [0.15, 0.2) is 31.4 Å². The molecule has 0 saturated heterocycles. The fourth-order valence-corrected chi connectivity index (χ4v) is 4.82. The van der Waals surface area contributed by atoms with Gasteiger partial charge < -0.3 is 9.29 Å². The third-order valence-corrected chi connectivity index (χ3v) is 7.37. The maximum absolute atomic E-state index is 12.5. The van der Waals surface area contributed by atoms with Crippen LogP contribution in [0.3, 0.4) is 0 Å². The van der Waals surface area contributed by atoms with Gasteiger partial charge in [-0.15, -0.1) is 0 Å². The Hall–Kier alpha value is -2.75. The average molecular weight is 509 g/mol. The second-order valence-electron chi connectivity index (χ2n) is 8.16. The number of rotatable bonds is 6. The van der Waals surface area contributed by atoms with E-state index in [1.54, 1.807) is 0 Å². The van der Waals surface area contributed by atoms with Gasteiger partial charge in [0.05, 0.1) is 16.3 Å². The number of benzene rings is 3. The van der Waals surface area contributed by atoms with Crippen LogP contribution >= 0.6 is 0 Å². The number of ether oxygens (including phenoxy) is 1. The van der Waals surface area contributed by atoms with Gasteiger partial charge in [-0.2, -0.15) is 8.78 Å². The number of carbonyl (C=O) groups excluding carboxylic acids is 1. The molecule has 0 heterocycles. The van der Waals surface area contributed by atoms with Gasteiger partial charge in [0.25, 0.3) is 0 Å². The Bertz CT molecular complexity index is 1050. The first kappa shape index (κ1) is 27.5. The summed E-state index contributed by atoms with van der Waals surface area (Å²) in [6.07, 6.45) is 0. The summed E-state index contributed by atoms with van der Waals surface area (Å²) in [6.45, 7) is 2.45. The monoisotopic (exact) mass is 508 g/mol. The van der Waals surface area contributed by atoms with E-state index < -0.39 is 33.4 Å². The molecule has 0 fully saturated rings. The molecule has 0 spiro atoms. The molecule has 0 saturated carbocycles. The molecule has 34 heavy (non-hydrogen) atoms.